The van der Waals surface area contributed by atoms with Gasteiger partial charge in [0, 0.05) is 24.2 Å². The van der Waals surface area contributed by atoms with Crippen molar-refractivity contribution in [2.75, 3.05) is 19.8 Å². The summed E-state index contributed by atoms with van der Waals surface area (Å²) in [5, 5.41) is 9.85. The average Bonchev–Trinajstić information content (AvgIpc) is 2.50. The molecule has 1 aliphatic rings. The van der Waals surface area contributed by atoms with Gasteiger partial charge >= 0.3 is 0 Å². The molecule has 0 bridgehead atoms. The molecule has 1 N–H and O–H groups in total. The Kier molecular flexibility index (Phi) is 6.21. The fraction of sp³-hybridized carbons (Fsp3) is 0.588. The van der Waals surface area contributed by atoms with E-state index in [0.29, 0.717) is 18.8 Å². The molecule has 0 radical (unpaired) electrons. The van der Waals surface area contributed by atoms with Gasteiger partial charge in [-0.1, -0.05) is 25.5 Å². The maximum atomic E-state index is 11.9. The summed E-state index contributed by atoms with van der Waals surface area (Å²) in [6, 6.07) is 5.55. The Bertz CT molecular complexity index is 470. The molecule has 1 aliphatic carbocycles. The molecule has 4 heteroatoms. The topological polar surface area (TPSA) is 55.8 Å². The lowest BCUT2D eigenvalue weighted by molar-refractivity contribution is 0.0111. The average molecular weight is 292 g/mol. The van der Waals surface area contributed by atoms with E-state index in [1.54, 1.807) is 0 Å². The molecular formula is C17H24O4. The number of unbranched alkanes of at least 4 members (excludes halogenated alkanes) is 1. The maximum absolute atomic E-state index is 11.9. The van der Waals surface area contributed by atoms with Crippen molar-refractivity contribution in [2.24, 2.45) is 0 Å². The van der Waals surface area contributed by atoms with E-state index in [1.165, 1.54) is 0 Å². The molecule has 1 aromatic carbocycles. The van der Waals surface area contributed by atoms with E-state index in [9.17, 15) is 9.90 Å². The molecule has 116 valence electrons. The molecule has 0 heterocycles. The van der Waals surface area contributed by atoms with E-state index in [0.717, 1.165) is 36.8 Å². The Labute approximate surface area is 126 Å². The van der Waals surface area contributed by atoms with Crippen molar-refractivity contribution in [3.63, 3.8) is 0 Å². The van der Waals surface area contributed by atoms with Gasteiger partial charge in [0.25, 0.3) is 0 Å². The number of carbonyl (C=O) groups excluding carboxylic acids is 1. The molecule has 4 nitrogen and oxygen atoms in total. The maximum Gasteiger partial charge on any atom is 0.163 e. The molecule has 2 rings (SSSR count). The van der Waals surface area contributed by atoms with Crippen LogP contribution in [-0.4, -0.2) is 36.8 Å². The van der Waals surface area contributed by atoms with Crippen molar-refractivity contribution in [2.45, 2.75) is 45.1 Å². The van der Waals surface area contributed by atoms with Gasteiger partial charge in [-0.3, -0.25) is 4.79 Å². The Hall–Kier alpha value is -1.39. The summed E-state index contributed by atoms with van der Waals surface area (Å²) < 4.78 is 11.1. The van der Waals surface area contributed by atoms with Crippen molar-refractivity contribution in [1.29, 1.82) is 0 Å². The van der Waals surface area contributed by atoms with E-state index >= 15 is 0 Å². The minimum absolute atomic E-state index is 0.185. The van der Waals surface area contributed by atoms with Crippen molar-refractivity contribution in [3.05, 3.63) is 29.3 Å². The van der Waals surface area contributed by atoms with E-state index < -0.39 is 6.10 Å². The third kappa shape index (κ3) is 4.55. The third-order valence-corrected chi connectivity index (χ3v) is 3.65. The molecule has 1 aromatic rings. The van der Waals surface area contributed by atoms with Gasteiger partial charge in [0.2, 0.25) is 0 Å². The number of aliphatic hydroxyl groups excluding tert-OH is 1. The largest absolute Gasteiger partial charge is 0.490 e. The zero-order valence-corrected chi connectivity index (χ0v) is 12.6. The Morgan fingerprint density at radius 2 is 2.14 bits per heavy atom. The van der Waals surface area contributed by atoms with Crippen molar-refractivity contribution in [3.8, 4) is 5.75 Å². The first-order valence-corrected chi connectivity index (χ1v) is 7.76. The minimum atomic E-state index is -0.642. The Balaban J connectivity index is 1.86. The van der Waals surface area contributed by atoms with E-state index in [-0.39, 0.29) is 19.0 Å². The van der Waals surface area contributed by atoms with Crippen LogP contribution >= 0.6 is 0 Å². The number of ketones is 1. The molecule has 0 amide bonds. The fourth-order valence-corrected chi connectivity index (χ4v) is 2.48. The molecule has 1 unspecified atom stereocenters. The number of hydrogen-bond donors (Lipinski definition) is 1. The second kappa shape index (κ2) is 8.15. The smallest absolute Gasteiger partial charge is 0.163 e. The number of hydrogen-bond acceptors (Lipinski definition) is 4. The zero-order valence-electron chi connectivity index (χ0n) is 12.6. The number of aliphatic hydroxyl groups is 1. The lowest BCUT2D eigenvalue weighted by Gasteiger charge is -2.20. The molecule has 1 atom stereocenters. The van der Waals surface area contributed by atoms with Crippen molar-refractivity contribution >= 4 is 5.78 Å². The predicted octanol–water partition coefficient (Wildman–Crippen LogP) is 2.76. The van der Waals surface area contributed by atoms with Gasteiger partial charge in [0.05, 0.1) is 6.61 Å². The van der Waals surface area contributed by atoms with Crippen LogP contribution in [0.25, 0.3) is 0 Å². The quantitative estimate of drug-likeness (QED) is 0.749. The summed E-state index contributed by atoms with van der Waals surface area (Å²) in [6.45, 7) is 3.25. The van der Waals surface area contributed by atoms with E-state index in [1.807, 2.05) is 18.2 Å². The zero-order chi connectivity index (χ0) is 15.1. The normalized spacial score (nSPS) is 15.6. The highest BCUT2D eigenvalue weighted by molar-refractivity contribution is 5.99. The molecule has 0 saturated carbocycles. The van der Waals surface area contributed by atoms with Crippen LogP contribution in [0.5, 0.6) is 5.75 Å². The second-order valence-corrected chi connectivity index (χ2v) is 5.45. The number of rotatable bonds is 8. The van der Waals surface area contributed by atoms with Crippen LogP contribution in [0.3, 0.4) is 0 Å². The molecular weight excluding hydrogens is 268 g/mol. The number of carbonyl (C=O) groups is 1. The van der Waals surface area contributed by atoms with Crippen molar-refractivity contribution < 1.29 is 19.4 Å². The summed E-state index contributed by atoms with van der Waals surface area (Å²) in [6.07, 6.45) is 3.79. The third-order valence-electron chi connectivity index (χ3n) is 3.65. The van der Waals surface area contributed by atoms with Crippen LogP contribution in [0.2, 0.25) is 0 Å². The van der Waals surface area contributed by atoms with Crippen LogP contribution in [0.4, 0.5) is 0 Å². The van der Waals surface area contributed by atoms with Crippen LogP contribution in [-0.2, 0) is 11.2 Å². The van der Waals surface area contributed by atoms with Gasteiger partial charge in [-0.25, -0.2) is 0 Å². The van der Waals surface area contributed by atoms with Gasteiger partial charge in [-0.15, -0.1) is 0 Å². The fourth-order valence-electron chi connectivity index (χ4n) is 2.48. The van der Waals surface area contributed by atoms with Crippen LogP contribution in [0.1, 0.15) is 48.5 Å². The number of ether oxygens (including phenoxy) is 2. The number of fused-ring (bicyclic) bond motifs is 1. The minimum Gasteiger partial charge on any atom is -0.490 e. The summed E-state index contributed by atoms with van der Waals surface area (Å²) in [5.41, 5.74) is 1.75. The van der Waals surface area contributed by atoms with Crippen molar-refractivity contribution in [1.82, 2.24) is 0 Å². The second-order valence-electron chi connectivity index (χ2n) is 5.45. The number of Topliss-reactive ketones (excluding diaryl/α,β-unsaturated/α-hetero) is 1. The van der Waals surface area contributed by atoms with E-state index in [4.69, 9.17) is 9.47 Å². The Morgan fingerprint density at radius 1 is 1.29 bits per heavy atom. The summed E-state index contributed by atoms with van der Waals surface area (Å²) >= 11 is 0. The van der Waals surface area contributed by atoms with E-state index in [2.05, 4.69) is 6.92 Å². The molecule has 0 saturated heterocycles. The highest BCUT2D eigenvalue weighted by Gasteiger charge is 2.20. The van der Waals surface area contributed by atoms with Crippen LogP contribution in [0.15, 0.2) is 18.2 Å². The lowest BCUT2D eigenvalue weighted by atomic mass is 9.90. The van der Waals surface area contributed by atoms with Crippen LogP contribution in [0, 0.1) is 0 Å². The molecule has 21 heavy (non-hydrogen) atoms. The van der Waals surface area contributed by atoms with Gasteiger partial charge in [-0.2, -0.15) is 0 Å². The first kappa shape index (κ1) is 16.0. The predicted molar refractivity (Wildman–Crippen MR) is 80.9 cm³/mol. The first-order chi connectivity index (χ1) is 10.2. The summed E-state index contributed by atoms with van der Waals surface area (Å²) in [7, 11) is 0. The van der Waals surface area contributed by atoms with Crippen LogP contribution < -0.4 is 4.74 Å². The standard InChI is InChI=1S/C17H24O4/c1-2-3-10-20-11-13(18)12-21-17-9-5-6-14-15(17)7-4-8-16(14)19/h5-6,9,13,18H,2-4,7-8,10-12H2,1H3. The van der Waals surface area contributed by atoms with Gasteiger partial charge < -0.3 is 14.6 Å². The van der Waals surface area contributed by atoms with Gasteiger partial charge in [0.1, 0.15) is 18.5 Å². The first-order valence-electron chi connectivity index (χ1n) is 7.76. The van der Waals surface area contributed by atoms with Gasteiger partial charge in [0.15, 0.2) is 5.78 Å². The molecule has 0 aliphatic heterocycles. The highest BCUT2D eigenvalue weighted by atomic mass is 16.5. The Morgan fingerprint density at radius 3 is 2.95 bits per heavy atom. The SMILES string of the molecule is CCCCOCC(O)COc1cccc2c1CCCC2=O. The van der Waals surface area contributed by atoms with Gasteiger partial charge in [-0.05, 0) is 25.3 Å². The molecule has 0 spiro atoms. The monoisotopic (exact) mass is 292 g/mol. The lowest BCUT2D eigenvalue weighted by Crippen LogP contribution is -2.24. The summed E-state index contributed by atoms with van der Waals surface area (Å²) in [4.78, 5) is 11.9. The highest BCUT2D eigenvalue weighted by Crippen LogP contribution is 2.29. The summed E-state index contributed by atoms with van der Waals surface area (Å²) in [5.74, 6) is 0.901. The molecule has 0 fully saturated rings. The number of benzene rings is 1. The molecule has 0 aromatic heterocycles.